The Bertz CT molecular complexity index is 169. The van der Waals surface area contributed by atoms with Gasteiger partial charge in [-0.25, -0.2) is 0 Å². The summed E-state index contributed by atoms with van der Waals surface area (Å²) in [6.45, 7) is 8.46. The second kappa shape index (κ2) is 5.79. The second-order valence-electron chi connectivity index (χ2n) is 2.97. The summed E-state index contributed by atoms with van der Waals surface area (Å²) in [6, 6.07) is 2.34. The number of rotatable bonds is 6. The molecule has 0 amide bonds. The predicted molar refractivity (Wildman–Crippen MR) is 51.7 cm³/mol. The van der Waals surface area contributed by atoms with E-state index in [9.17, 15) is 0 Å². The van der Waals surface area contributed by atoms with Crippen LogP contribution in [-0.2, 0) is 0 Å². The van der Waals surface area contributed by atoms with Crippen molar-refractivity contribution in [1.29, 1.82) is 5.26 Å². The van der Waals surface area contributed by atoms with Crippen molar-refractivity contribution >= 4 is 0 Å². The van der Waals surface area contributed by atoms with Crippen molar-refractivity contribution < 1.29 is 0 Å². The van der Waals surface area contributed by atoms with Gasteiger partial charge in [0.25, 0.3) is 0 Å². The predicted octanol–water partition coefficient (Wildman–Crippen LogP) is 2.23. The van der Waals surface area contributed by atoms with Gasteiger partial charge in [-0.2, -0.15) is 5.26 Å². The van der Waals surface area contributed by atoms with Crippen LogP contribution in [0.4, 0.5) is 0 Å². The molecule has 0 bridgehead atoms. The van der Waals surface area contributed by atoms with Crippen molar-refractivity contribution in [3.8, 4) is 6.07 Å². The molecule has 1 atom stereocenters. The summed E-state index contributed by atoms with van der Waals surface area (Å²) in [6.07, 6.45) is 4.59. The van der Waals surface area contributed by atoms with Crippen LogP contribution < -0.4 is 5.32 Å². The van der Waals surface area contributed by atoms with E-state index in [1.165, 1.54) is 0 Å². The average molecular weight is 166 g/mol. The van der Waals surface area contributed by atoms with Crippen LogP contribution in [0.1, 0.15) is 33.1 Å². The van der Waals surface area contributed by atoms with Crippen LogP contribution in [0.15, 0.2) is 12.7 Å². The molecule has 0 aromatic rings. The monoisotopic (exact) mass is 166 g/mol. The Hall–Kier alpha value is -0.810. The molecule has 2 nitrogen and oxygen atoms in total. The van der Waals surface area contributed by atoms with Crippen LogP contribution in [-0.4, -0.2) is 12.1 Å². The number of nitrogens with one attached hydrogen (secondary N) is 1. The van der Waals surface area contributed by atoms with Crippen molar-refractivity contribution in [1.82, 2.24) is 5.32 Å². The van der Waals surface area contributed by atoms with Gasteiger partial charge in [0.2, 0.25) is 0 Å². The molecule has 0 saturated carbocycles. The zero-order valence-electron chi connectivity index (χ0n) is 8.06. The molecule has 0 fully saturated rings. The van der Waals surface area contributed by atoms with Crippen LogP contribution >= 0.6 is 0 Å². The lowest BCUT2D eigenvalue weighted by atomic mass is 9.92. The molecule has 1 unspecified atom stereocenters. The minimum absolute atomic E-state index is 0.330. The third kappa shape index (κ3) is 3.06. The quantitative estimate of drug-likeness (QED) is 0.614. The van der Waals surface area contributed by atoms with Crippen LogP contribution in [0.25, 0.3) is 0 Å². The van der Waals surface area contributed by atoms with Gasteiger partial charge in [0.05, 0.1) is 6.07 Å². The molecule has 12 heavy (non-hydrogen) atoms. The van der Waals surface area contributed by atoms with Crippen molar-refractivity contribution in [3.05, 3.63) is 12.7 Å². The van der Waals surface area contributed by atoms with Crippen LogP contribution in [0.3, 0.4) is 0 Å². The van der Waals surface area contributed by atoms with E-state index in [2.05, 4.69) is 24.9 Å². The van der Waals surface area contributed by atoms with E-state index in [0.29, 0.717) is 6.54 Å². The van der Waals surface area contributed by atoms with Gasteiger partial charge in [-0.3, -0.25) is 5.32 Å². The lowest BCUT2D eigenvalue weighted by molar-refractivity contribution is 0.385. The first-order valence-corrected chi connectivity index (χ1v) is 4.51. The Morgan fingerprint density at radius 1 is 1.58 bits per heavy atom. The lowest BCUT2D eigenvalue weighted by Gasteiger charge is -2.25. The van der Waals surface area contributed by atoms with Crippen molar-refractivity contribution in [3.63, 3.8) is 0 Å². The lowest BCUT2D eigenvalue weighted by Crippen LogP contribution is -2.43. The summed E-state index contributed by atoms with van der Waals surface area (Å²) in [7, 11) is 0. The van der Waals surface area contributed by atoms with Gasteiger partial charge in [-0.15, -0.1) is 6.58 Å². The highest BCUT2D eigenvalue weighted by Gasteiger charge is 2.24. The average Bonchev–Trinajstić information content (AvgIpc) is 2.13. The summed E-state index contributed by atoms with van der Waals surface area (Å²) in [5, 5.41) is 12.2. The van der Waals surface area contributed by atoms with Gasteiger partial charge < -0.3 is 0 Å². The molecule has 0 radical (unpaired) electrons. The number of hydrogen-bond donors (Lipinski definition) is 1. The maximum atomic E-state index is 8.99. The van der Waals surface area contributed by atoms with Gasteiger partial charge in [0.1, 0.15) is 5.54 Å². The first-order chi connectivity index (χ1) is 5.74. The van der Waals surface area contributed by atoms with Crippen molar-refractivity contribution in [2.45, 2.75) is 38.6 Å². The fourth-order valence-corrected chi connectivity index (χ4v) is 1.26. The summed E-state index contributed by atoms with van der Waals surface area (Å²) in [5.41, 5.74) is -0.330. The second-order valence-corrected chi connectivity index (χ2v) is 2.97. The highest BCUT2D eigenvalue weighted by molar-refractivity contribution is 5.06. The smallest absolute Gasteiger partial charge is 0.106 e. The topological polar surface area (TPSA) is 35.8 Å². The SMILES string of the molecule is C=CCNC(C#N)(CC)CCC. The molecule has 0 aromatic carbocycles. The number of nitriles is 1. The van der Waals surface area contributed by atoms with E-state index in [0.717, 1.165) is 19.3 Å². The highest BCUT2D eigenvalue weighted by atomic mass is 15.0. The van der Waals surface area contributed by atoms with E-state index in [-0.39, 0.29) is 5.54 Å². The molecule has 0 saturated heterocycles. The van der Waals surface area contributed by atoms with Crippen LogP contribution in [0.2, 0.25) is 0 Å². The fraction of sp³-hybridized carbons (Fsp3) is 0.700. The summed E-state index contributed by atoms with van der Waals surface area (Å²) < 4.78 is 0. The Morgan fingerprint density at radius 3 is 2.58 bits per heavy atom. The normalized spacial score (nSPS) is 14.8. The van der Waals surface area contributed by atoms with Crippen molar-refractivity contribution in [2.24, 2.45) is 0 Å². The van der Waals surface area contributed by atoms with Gasteiger partial charge in [0.15, 0.2) is 0 Å². The Kier molecular flexibility index (Phi) is 5.40. The van der Waals surface area contributed by atoms with E-state index in [4.69, 9.17) is 5.26 Å². The third-order valence-corrected chi connectivity index (χ3v) is 2.08. The molecule has 0 aliphatic heterocycles. The molecule has 0 rings (SSSR count). The molecule has 1 N–H and O–H groups in total. The van der Waals surface area contributed by atoms with Gasteiger partial charge in [-0.05, 0) is 12.8 Å². The molecule has 0 aliphatic carbocycles. The zero-order valence-corrected chi connectivity index (χ0v) is 8.06. The molecule has 0 aromatic heterocycles. The highest BCUT2D eigenvalue weighted by Crippen LogP contribution is 2.15. The first kappa shape index (κ1) is 11.2. The van der Waals surface area contributed by atoms with E-state index in [1.54, 1.807) is 6.08 Å². The molecule has 0 heterocycles. The molecule has 68 valence electrons. The van der Waals surface area contributed by atoms with E-state index >= 15 is 0 Å². The summed E-state index contributed by atoms with van der Waals surface area (Å²) in [4.78, 5) is 0. The van der Waals surface area contributed by atoms with Crippen LogP contribution in [0.5, 0.6) is 0 Å². The summed E-state index contributed by atoms with van der Waals surface area (Å²) >= 11 is 0. The zero-order chi connectivity index (χ0) is 9.45. The Balaban J connectivity index is 4.16. The molecule has 0 aliphatic rings. The fourth-order valence-electron chi connectivity index (χ4n) is 1.26. The standard InChI is InChI=1S/C10H18N2/c1-4-7-10(6-3,9-11)12-8-5-2/h5,12H,2,4,6-8H2,1,3H3. The minimum atomic E-state index is -0.330. The summed E-state index contributed by atoms with van der Waals surface area (Å²) in [5.74, 6) is 0. The molecular weight excluding hydrogens is 148 g/mol. The molecular formula is C10H18N2. The molecule has 0 spiro atoms. The van der Waals surface area contributed by atoms with E-state index < -0.39 is 0 Å². The maximum Gasteiger partial charge on any atom is 0.106 e. The Labute approximate surface area is 75.3 Å². The first-order valence-electron chi connectivity index (χ1n) is 4.51. The van der Waals surface area contributed by atoms with Crippen molar-refractivity contribution in [2.75, 3.05) is 6.54 Å². The maximum absolute atomic E-state index is 8.99. The Morgan fingerprint density at radius 2 is 2.25 bits per heavy atom. The van der Waals surface area contributed by atoms with Gasteiger partial charge in [0, 0.05) is 6.54 Å². The molecule has 2 heteroatoms. The number of nitrogens with zero attached hydrogens (tertiary/aromatic N) is 1. The largest absolute Gasteiger partial charge is 0.296 e. The number of hydrogen-bond acceptors (Lipinski definition) is 2. The van der Waals surface area contributed by atoms with Crippen LogP contribution in [0, 0.1) is 11.3 Å². The third-order valence-electron chi connectivity index (χ3n) is 2.08. The van der Waals surface area contributed by atoms with Gasteiger partial charge >= 0.3 is 0 Å². The minimum Gasteiger partial charge on any atom is -0.296 e. The van der Waals surface area contributed by atoms with E-state index in [1.807, 2.05) is 6.92 Å². The van der Waals surface area contributed by atoms with Gasteiger partial charge in [-0.1, -0.05) is 26.3 Å².